The number of aromatic nitrogens is 1. The van der Waals surface area contributed by atoms with E-state index in [0.29, 0.717) is 11.8 Å². The number of rotatable bonds is 4. The van der Waals surface area contributed by atoms with Gasteiger partial charge in [0.1, 0.15) is 6.10 Å². The highest BCUT2D eigenvalue weighted by molar-refractivity contribution is 5.80. The number of carbonyl (C=O) groups excluding carboxylic acids is 1. The van der Waals surface area contributed by atoms with Gasteiger partial charge in [0, 0.05) is 38.9 Å². The molecule has 0 bridgehead atoms. The standard InChI is InChI=1S/C17H25N3O3/c1-19(2)17(21)14-9-12-6-8-20(11-15(12)23-14)10-13-5-4-7-18-16(13)22-3/h4-5,7,12,14-15H,6,8-11H2,1-3H3/t12-,14+,15-/m1/s1. The van der Waals surface area contributed by atoms with E-state index in [2.05, 4.69) is 9.88 Å². The Kier molecular flexibility index (Phi) is 4.82. The first-order valence-electron chi connectivity index (χ1n) is 8.15. The van der Waals surface area contributed by atoms with Crippen LogP contribution < -0.4 is 4.74 Å². The Hall–Kier alpha value is -1.66. The first-order valence-corrected chi connectivity index (χ1v) is 8.15. The predicted octanol–water partition coefficient (Wildman–Crippen LogP) is 1.16. The molecule has 0 saturated carbocycles. The predicted molar refractivity (Wildman–Crippen MR) is 86.1 cm³/mol. The average Bonchev–Trinajstić information content (AvgIpc) is 2.97. The number of pyridine rings is 1. The molecule has 1 aromatic rings. The number of methoxy groups -OCH3 is 1. The molecule has 0 unspecified atom stereocenters. The summed E-state index contributed by atoms with van der Waals surface area (Å²) in [7, 11) is 5.22. The molecule has 3 heterocycles. The lowest BCUT2D eigenvalue weighted by atomic mass is 9.91. The Balaban J connectivity index is 1.61. The summed E-state index contributed by atoms with van der Waals surface area (Å²) in [5, 5.41) is 0. The number of nitrogens with zero attached hydrogens (tertiary/aromatic N) is 3. The lowest BCUT2D eigenvalue weighted by Crippen LogP contribution is -2.42. The monoisotopic (exact) mass is 319 g/mol. The van der Waals surface area contributed by atoms with Crippen molar-refractivity contribution in [1.82, 2.24) is 14.8 Å². The van der Waals surface area contributed by atoms with Crippen LogP contribution in [0.4, 0.5) is 0 Å². The van der Waals surface area contributed by atoms with Gasteiger partial charge in [-0.05, 0) is 31.4 Å². The number of ether oxygens (including phenoxy) is 2. The molecule has 2 saturated heterocycles. The third kappa shape index (κ3) is 3.48. The van der Waals surface area contributed by atoms with Crippen molar-refractivity contribution in [2.75, 3.05) is 34.3 Å². The van der Waals surface area contributed by atoms with Crippen LogP contribution >= 0.6 is 0 Å². The summed E-state index contributed by atoms with van der Waals surface area (Å²) in [6.45, 7) is 2.68. The van der Waals surface area contributed by atoms with E-state index in [-0.39, 0.29) is 18.1 Å². The molecular weight excluding hydrogens is 294 g/mol. The summed E-state index contributed by atoms with van der Waals surface area (Å²) >= 11 is 0. The minimum absolute atomic E-state index is 0.0832. The van der Waals surface area contributed by atoms with Gasteiger partial charge in [0.25, 0.3) is 5.91 Å². The molecule has 3 atom stereocenters. The van der Waals surface area contributed by atoms with Crippen molar-refractivity contribution in [3.8, 4) is 5.88 Å². The van der Waals surface area contributed by atoms with E-state index in [9.17, 15) is 4.79 Å². The molecule has 3 rings (SSSR count). The fourth-order valence-electron chi connectivity index (χ4n) is 3.55. The Morgan fingerprint density at radius 2 is 2.35 bits per heavy atom. The molecule has 23 heavy (non-hydrogen) atoms. The minimum Gasteiger partial charge on any atom is -0.481 e. The van der Waals surface area contributed by atoms with Crippen LogP contribution in [-0.4, -0.2) is 67.2 Å². The zero-order valence-corrected chi connectivity index (χ0v) is 14.1. The zero-order chi connectivity index (χ0) is 16.4. The Morgan fingerprint density at radius 3 is 3.09 bits per heavy atom. The Labute approximate surface area is 137 Å². The summed E-state index contributed by atoms with van der Waals surface area (Å²) < 4.78 is 11.4. The number of likely N-dealkylation sites (tertiary alicyclic amines) is 1. The van der Waals surface area contributed by atoms with E-state index in [1.54, 1.807) is 32.3 Å². The van der Waals surface area contributed by atoms with Crippen molar-refractivity contribution in [2.45, 2.75) is 31.6 Å². The summed E-state index contributed by atoms with van der Waals surface area (Å²) in [4.78, 5) is 20.4. The van der Waals surface area contributed by atoms with Crippen LogP contribution in [0.25, 0.3) is 0 Å². The summed E-state index contributed by atoms with van der Waals surface area (Å²) in [6, 6.07) is 3.98. The number of likely N-dealkylation sites (N-methyl/N-ethyl adjacent to an activating group) is 1. The second-order valence-electron chi connectivity index (χ2n) is 6.59. The molecule has 0 N–H and O–H groups in total. The molecular formula is C17H25N3O3. The lowest BCUT2D eigenvalue weighted by Gasteiger charge is -2.34. The highest BCUT2D eigenvalue weighted by Gasteiger charge is 2.42. The molecule has 1 aromatic heterocycles. The van der Waals surface area contributed by atoms with E-state index in [4.69, 9.17) is 9.47 Å². The molecule has 6 heteroatoms. The van der Waals surface area contributed by atoms with Gasteiger partial charge in [0.05, 0.1) is 13.2 Å². The van der Waals surface area contributed by atoms with E-state index in [0.717, 1.165) is 38.0 Å². The van der Waals surface area contributed by atoms with Crippen molar-refractivity contribution < 1.29 is 14.3 Å². The number of amides is 1. The summed E-state index contributed by atoms with van der Waals surface area (Å²) in [6.07, 6.45) is 3.55. The maximum Gasteiger partial charge on any atom is 0.251 e. The molecule has 126 valence electrons. The van der Waals surface area contributed by atoms with Gasteiger partial charge in [-0.25, -0.2) is 4.98 Å². The molecule has 2 aliphatic heterocycles. The molecule has 0 aromatic carbocycles. The van der Waals surface area contributed by atoms with Gasteiger partial charge in [-0.3, -0.25) is 9.69 Å². The number of carbonyl (C=O) groups is 1. The van der Waals surface area contributed by atoms with Gasteiger partial charge in [-0.2, -0.15) is 0 Å². The maximum atomic E-state index is 12.1. The normalized spacial score (nSPS) is 27.5. The Morgan fingerprint density at radius 1 is 1.52 bits per heavy atom. The number of piperidine rings is 1. The van der Waals surface area contributed by atoms with Crippen LogP contribution in [-0.2, 0) is 16.1 Å². The van der Waals surface area contributed by atoms with Gasteiger partial charge in [0.15, 0.2) is 0 Å². The molecule has 6 nitrogen and oxygen atoms in total. The molecule has 2 aliphatic rings. The minimum atomic E-state index is -0.270. The van der Waals surface area contributed by atoms with Gasteiger partial charge in [-0.1, -0.05) is 6.07 Å². The van der Waals surface area contributed by atoms with Crippen LogP contribution in [0.5, 0.6) is 5.88 Å². The van der Waals surface area contributed by atoms with Gasteiger partial charge in [-0.15, -0.1) is 0 Å². The first-order chi connectivity index (χ1) is 11.1. The fourth-order valence-corrected chi connectivity index (χ4v) is 3.55. The topological polar surface area (TPSA) is 54.9 Å². The van der Waals surface area contributed by atoms with Gasteiger partial charge < -0.3 is 14.4 Å². The maximum absolute atomic E-state index is 12.1. The molecule has 2 fully saturated rings. The third-order valence-corrected chi connectivity index (χ3v) is 4.79. The van der Waals surface area contributed by atoms with Crippen LogP contribution in [0, 0.1) is 5.92 Å². The Bertz CT molecular complexity index is 564. The van der Waals surface area contributed by atoms with Crippen molar-refractivity contribution in [3.05, 3.63) is 23.9 Å². The molecule has 0 spiro atoms. The largest absolute Gasteiger partial charge is 0.481 e. The SMILES string of the molecule is COc1ncccc1CN1CC[C@@H]2C[C@@H](C(=O)N(C)C)O[C@@H]2C1. The van der Waals surface area contributed by atoms with E-state index in [1.807, 2.05) is 12.1 Å². The van der Waals surface area contributed by atoms with Crippen molar-refractivity contribution >= 4 is 5.91 Å². The quantitative estimate of drug-likeness (QED) is 0.833. The number of hydrogen-bond acceptors (Lipinski definition) is 5. The zero-order valence-electron chi connectivity index (χ0n) is 14.1. The molecule has 1 amide bonds. The smallest absolute Gasteiger partial charge is 0.251 e. The van der Waals surface area contributed by atoms with Gasteiger partial charge >= 0.3 is 0 Å². The number of fused-ring (bicyclic) bond motifs is 1. The highest BCUT2D eigenvalue weighted by Crippen LogP contribution is 2.34. The van der Waals surface area contributed by atoms with Crippen molar-refractivity contribution in [2.24, 2.45) is 5.92 Å². The average molecular weight is 319 g/mol. The van der Waals surface area contributed by atoms with E-state index < -0.39 is 0 Å². The van der Waals surface area contributed by atoms with Crippen LogP contribution in [0.2, 0.25) is 0 Å². The molecule has 0 aliphatic carbocycles. The summed E-state index contributed by atoms with van der Waals surface area (Å²) in [5.74, 6) is 1.26. The van der Waals surface area contributed by atoms with Crippen LogP contribution in [0.1, 0.15) is 18.4 Å². The van der Waals surface area contributed by atoms with E-state index >= 15 is 0 Å². The van der Waals surface area contributed by atoms with Crippen molar-refractivity contribution in [3.63, 3.8) is 0 Å². The fraction of sp³-hybridized carbons (Fsp3) is 0.647. The van der Waals surface area contributed by atoms with Crippen LogP contribution in [0.15, 0.2) is 18.3 Å². The molecule has 0 radical (unpaired) electrons. The summed E-state index contributed by atoms with van der Waals surface area (Å²) in [5.41, 5.74) is 1.09. The second kappa shape index (κ2) is 6.84. The lowest BCUT2D eigenvalue weighted by molar-refractivity contribution is -0.141. The number of hydrogen-bond donors (Lipinski definition) is 0. The van der Waals surface area contributed by atoms with Gasteiger partial charge in [0.2, 0.25) is 5.88 Å². The second-order valence-corrected chi connectivity index (χ2v) is 6.59. The van der Waals surface area contributed by atoms with Crippen molar-refractivity contribution in [1.29, 1.82) is 0 Å². The van der Waals surface area contributed by atoms with Crippen LogP contribution in [0.3, 0.4) is 0 Å². The van der Waals surface area contributed by atoms with E-state index in [1.165, 1.54) is 0 Å². The first kappa shape index (κ1) is 16.2. The third-order valence-electron chi connectivity index (χ3n) is 4.79. The highest BCUT2D eigenvalue weighted by atomic mass is 16.5.